The highest BCUT2D eigenvalue weighted by atomic mass is 32.3. The van der Waals surface area contributed by atoms with Crippen LogP contribution in [0.1, 0.15) is 26.2 Å². The zero-order chi connectivity index (χ0) is 16.4. The summed E-state index contributed by atoms with van der Waals surface area (Å²) in [5.41, 5.74) is 0. The molecule has 2 aliphatic heterocycles. The third-order valence-electron chi connectivity index (χ3n) is 3.11. The average Bonchev–Trinajstić information content (AvgIpc) is 2.34. The van der Waals surface area contributed by atoms with Crippen molar-refractivity contribution in [2.24, 2.45) is 5.92 Å². The molecule has 2 aliphatic rings. The molecular formula is C13H16O7S2. The van der Waals surface area contributed by atoms with Crippen molar-refractivity contribution in [3.8, 4) is 24.2 Å². The molecule has 0 aromatic rings. The largest absolute Gasteiger partial charge is 0.401 e. The molecule has 0 spiro atoms. The van der Waals surface area contributed by atoms with Crippen LogP contribution < -0.4 is 0 Å². The van der Waals surface area contributed by atoms with E-state index in [1.807, 2.05) is 0 Å². The van der Waals surface area contributed by atoms with Crippen LogP contribution in [0.15, 0.2) is 0 Å². The van der Waals surface area contributed by atoms with Crippen LogP contribution in [0.25, 0.3) is 0 Å². The van der Waals surface area contributed by atoms with Gasteiger partial charge in [-0.25, -0.2) is 8.37 Å². The molecule has 122 valence electrons. The van der Waals surface area contributed by atoms with Crippen molar-refractivity contribution in [2.45, 2.75) is 44.5 Å². The Balaban J connectivity index is 1.97. The lowest BCUT2D eigenvalue weighted by Crippen LogP contribution is -2.34. The lowest BCUT2D eigenvalue weighted by Gasteiger charge is -2.24. The molecule has 4 unspecified atom stereocenters. The van der Waals surface area contributed by atoms with Crippen LogP contribution in [-0.4, -0.2) is 40.9 Å². The van der Waals surface area contributed by atoms with Crippen molar-refractivity contribution >= 4 is 20.5 Å². The van der Waals surface area contributed by atoms with E-state index in [2.05, 4.69) is 21.9 Å². The minimum Gasteiger partial charge on any atom is -0.254 e. The van der Waals surface area contributed by atoms with E-state index >= 15 is 0 Å². The smallest absolute Gasteiger partial charge is 0.254 e. The van der Waals surface area contributed by atoms with E-state index in [4.69, 9.17) is 14.8 Å². The molecule has 9 heteroatoms. The zero-order valence-electron chi connectivity index (χ0n) is 11.9. The van der Waals surface area contributed by atoms with E-state index in [9.17, 15) is 16.8 Å². The number of terminal acetylenes is 1. The van der Waals surface area contributed by atoms with E-state index in [1.165, 1.54) is 0 Å². The van der Waals surface area contributed by atoms with E-state index in [-0.39, 0.29) is 24.5 Å². The van der Waals surface area contributed by atoms with Gasteiger partial charge < -0.3 is 0 Å². The molecule has 4 atom stereocenters. The van der Waals surface area contributed by atoms with Crippen LogP contribution in [0, 0.1) is 30.1 Å². The molecule has 0 radical (unpaired) electrons. The Bertz CT molecular complexity index is 721. The molecule has 0 aromatic carbocycles. The van der Waals surface area contributed by atoms with E-state index in [1.54, 1.807) is 6.92 Å². The van der Waals surface area contributed by atoms with Crippen LogP contribution >= 0.6 is 0 Å². The van der Waals surface area contributed by atoms with Crippen molar-refractivity contribution in [3.63, 3.8) is 0 Å². The summed E-state index contributed by atoms with van der Waals surface area (Å²) in [4.78, 5) is 0. The van der Waals surface area contributed by atoms with Crippen molar-refractivity contribution in [1.29, 1.82) is 0 Å². The molecule has 2 saturated heterocycles. The lowest BCUT2D eigenvalue weighted by atomic mass is 10.1. The Morgan fingerprint density at radius 3 is 2.45 bits per heavy atom. The van der Waals surface area contributed by atoms with Crippen molar-refractivity contribution in [1.82, 2.24) is 0 Å². The summed E-state index contributed by atoms with van der Waals surface area (Å²) >= 11 is 0. The first-order valence-electron chi connectivity index (χ1n) is 6.66. The quantitative estimate of drug-likeness (QED) is 0.493. The minimum absolute atomic E-state index is 0.0175. The van der Waals surface area contributed by atoms with E-state index < -0.39 is 38.8 Å². The first-order valence-corrected chi connectivity index (χ1v) is 9.57. The molecule has 0 bridgehead atoms. The van der Waals surface area contributed by atoms with E-state index in [0.29, 0.717) is 6.42 Å². The maximum Gasteiger partial charge on any atom is 0.401 e. The van der Waals surface area contributed by atoms with Gasteiger partial charge in [0.25, 0.3) is 10.1 Å². The molecule has 0 amide bonds. The molecule has 0 aromatic heterocycles. The molecule has 0 saturated carbocycles. The number of hydrogen-bond acceptors (Lipinski definition) is 7. The van der Waals surface area contributed by atoms with Gasteiger partial charge in [0.2, 0.25) is 0 Å². The molecule has 7 nitrogen and oxygen atoms in total. The highest BCUT2D eigenvalue weighted by Gasteiger charge is 2.32. The molecule has 22 heavy (non-hydrogen) atoms. The topological polar surface area (TPSA) is 96.0 Å². The summed E-state index contributed by atoms with van der Waals surface area (Å²) in [5, 5.41) is 0. The summed E-state index contributed by atoms with van der Waals surface area (Å²) in [7, 11) is -7.66. The molecule has 2 fully saturated rings. The molecule has 0 aliphatic carbocycles. The van der Waals surface area contributed by atoms with Gasteiger partial charge >= 0.3 is 10.4 Å². The Kier molecular flexibility index (Phi) is 5.15. The first-order chi connectivity index (χ1) is 10.2. The number of rotatable bonds is 1. The summed E-state index contributed by atoms with van der Waals surface area (Å²) in [5.74, 6) is 7.57. The van der Waals surface area contributed by atoms with Gasteiger partial charge in [-0.05, 0) is 12.3 Å². The van der Waals surface area contributed by atoms with Crippen molar-refractivity contribution in [3.05, 3.63) is 0 Å². The maximum absolute atomic E-state index is 11.5. The third-order valence-corrected chi connectivity index (χ3v) is 5.59. The normalized spacial score (nSPS) is 36.5. The highest BCUT2D eigenvalue weighted by molar-refractivity contribution is 7.86. The fraction of sp³-hybridized carbons (Fsp3) is 0.692. The van der Waals surface area contributed by atoms with Gasteiger partial charge in [-0.1, -0.05) is 24.7 Å². The van der Waals surface area contributed by atoms with Crippen LogP contribution in [0.4, 0.5) is 0 Å². The SMILES string of the molecule is C#CC1CC(CC#CC2CC(C)CS(=O)(=O)O2)OS(=O)(=O)O1. The average molecular weight is 348 g/mol. The van der Waals surface area contributed by atoms with Crippen LogP contribution in [-0.2, 0) is 33.1 Å². The fourth-order valence-electron chi connectivity index (χ4n) is 2.27. The van der Waals surface area contributed by atoms with Crippen LogP contribution in [0.5, 0.6) is 0 Å². The second-order valence-electron chi connectivity index (χ2n) is 5.29. The van der Waals surface area contributed by atoms with Crippen molar-refractivity contribution < 1.29 is 29.4 Å². The third kappa shape index (κ3) is 4.97. The Morgan fingerprint density at radius 1 is 1.09 bits per heavy atom. The summed E-state index contributed by atoms with van der Waals surface area (Å²) in [6.07, 6.45) is 3.65. The van der Waals surface area contributed by atoms with E-state index in [0.717, 1.165) is 0 Å². The van der Waals surface area contributed by atoms with Gasteiger partial charge in [-0.2, -0.15) is 16.8 Å². The van der Waals surface area contributed by atoms with Crippen LogP contribution in [0.2, 0.25) is 0 Å². The molecule has 2 heterocycles. The van der Waals surface area contributed by atoms with Crippen molar-refractivity contribution in [2.75, 3.05) is 5.75 Å². The predicted molar refractivity (Wildman–Crippen MR) is 76.9 cm³/mol. The van der Waals surface area contributed by atoms with Gasteiger partial charge in [0, 0.05) is 12.8 Å². The lowest BCUT2D eigenvalue weighted by molar-refractivity contribution is 0.0681. The minimum atomic E-state index is -4.11. The number of hydrogen-bond donors (Lipinski definition) is 0. The van der Waals surface area contributed by atoms with Gasteiger partial charge in [0.05, 0.1) is 11.9 Å². The fourth-order valence-corrected chi connectivity index (χ4v) is 4.61. The Morgan fingerprint density at radius 2 is 1.82 bits per heavy atom. The summed E-state index contributed by atoms with van der Waals surface area (Å²) < 4.78 is 59.8. The monoisotopic (exact) mass is 348 g/mol. The molecular weight excluding hydrogens is 332 g/mol. The maximum atomic E-state index is 11.5. The first kappa shape index (κ1) is 17.3. The van der Waals surface area contributed by atoms with Gasteiger partial charge in [-0.3, -0.25) is 4.18 Å². The van der Waals surface area contributed by atoms with Gasteiger partial charge in [-0.15, -0.1) is 6.42 Å². The van der Waals surface area contributed by atoms with Crippen LogP contribution in [0.3, 0.4) is 0 Å². The Labute approximate surface area is 130 Å². The molecule has 0 N–H and O–H groups in total. The van der Waals surface area contributed by atoms with Gasteiger partial charge in [0.1, 0.15) is 12.2 Å². The molecule has 2 rings (SSSR count). The Hall–Kier alpha value is -1.10. The highest BCUT2D eigenvalue weighted by Crippen LogP contribution is 2.23. The standard InChI is InChI=1S/C13H16O7S2/c1-3-11-8-13(20-22(16,17)19-11)6-4-5-12-7-10(2)9-21(14,15)18-12/h1,10-13H,6-9H2,2H3. The zero-order valence-corrected chi connectivity index (χ0v) is 13.5. The summed E-state index contributed by atoms with van der Waals surface area (Å²) in [6.45, 7) is 1.81. The predicted octanol–water partition coefficient (Wildman–Crippen LogP) is 0.187. The van der Waals surface area contributed by atoms with Gasteiger partial charge in [0.15, 0.2) is 0 Å². The second kappa shape index (κ2) is 6.57. The second-order valence-corrected chi connectivity index (χ2v) is 8.13. The summed E-state index contributed by atoms with van der Waals surface area (Å²) in [6, 6.07) is 0.